The first kappa shape index (κ1) is 23.0. The van der Waals surface area contributed by atoms with Crippen LogP contribution in [0.15, 0.2) is 53.4 Å². The van der Waals surface area contributed by atoms with Gasteiger partial charge in [-0.15, -0.1) is 0 Å². The van der Waals surface area contributed by atoms with Gasteiger partial charge in [0.2, 0.25) is 0 Å². The summed E-state index contributed by atoms with van der Waals surface area (Å²) in [7, 11) is -3.82. The highest BCUT2D eigenvalue weighted by Crippen LogP contribution is 2.27. The molecule has 4 aromatic rings. The first-order valence-corrected chi connectivity index (χ1v) is 12.1. The lowest BCUT2D eigenvalue weighted by Crippen LogP contribution is -2.51. The van der Waals surface area contributed by atoms with Crippen LogP contribution in [0.2, 0.25) is 0 Å². The molecule has 1 aliphatic heterocycles. The van der Waals surface area contributed by atoms with Gasteiger partial charge >= 0.3 is 0 Å². The minimum atomic E-state index is -3.82. The highest BCUT2D eigenvalue weighted by atomic mass is 32.2. The third-order valence-electron chi connectivity index (χ3n) is 5.61. The van der Waals surface area contributed by atoms with E-state index >= 15 is 0 Å². The number of hydrogen-bond acceptors (Lipinski definition) is 8. The Hall–Kier alpha value is -3.75. The van der Waals surface area contributed by atoms with Crippen LogP contribution in [0, 0.1) is 11.6 Å². The highest BCUT2D eigenvalue weighted by molar-refractivity contribution is 7.86. The van der Waals surface area contributed by atoms with Gasteiger partial charge in [0, 0.05) is 37.8 Å². The summed E-state index contributed by atoms with van der Waals surface area (Å²) in [5.41, 5.74) is 1.75. The number of nitrogens with zero attached hydrogens (tertiary/aromatic N) is 7. The number of hydrogen-bond donors (Lipinski definition) is 1. The molecule has 0 bridgehead atoms. The zero-order chi connectivity index (χ0) is 24.6. The van der Waals surface area contributed by atoms with Crippen LogP contribution in [0.5, 0.6) is 0 Å². The Kier molecular flexibility index (Phi) is 6.00. The molecule has 14 heteroatoms. The Morgan fingerprint density at radius 1 is 1.03 bits per heavy atom. The van der Waals surface area contributed by atoms with E-state index in [9.17, 15) is 17.2 Å². The molecule has 3 aromatic heterocycles. The minimum absolute atomic E-state index is 0.0238. The predicted molar refractivity (Wildman–Crippen MR) is 121 cm³/mol. The molecular formula is C21H20F2N8O3S. The number of halogens is 2. The van der Waals surface area contributed by atoms with Gasteiger partial charge in [0.05, 0.1) is 18.4 Å². The summed E-state index contributed by atoms with van der Waals surface area (Å²) in [5, 5.41) is 13.7. The zero-order valence-corrected chi connectivity index (χ0v) is 19.1. The lowest BCUT2D eigenvalue weighted by atomic mass is 10.2. The molecule has 0 radical (unpaired) electrons. The Bertz CT molecular complexity index is 1450. The van der Waals surface area contributed by atoms with Crippen molar-refractivity contribution in [1.29, 1.82) is 0 Å². The Morgan fingerprint density at radius 3 is 2.49 bits per heavy atom. The molecular weight excluding hydrogens is 482 g/mol. The van der Waals surface area contributed by atoms with Crippen molar-refractivity contribution in [2.24, 2.45) is 5.14 Å². The fourth-order valence-electron chi connectivity index (χ4n) is 3.84. The van der Waals surface area contributed by atoms with Crippen molar-refractivity contribution in [3.05, 3.63) is 66.1 Å². The van der Waals surface area contributed by atoms with Crippen molar-refractivity contribution in [3.8, 4) is 22.9 Å². The minimum Gasteiger partial charge on any atom is -0.364 e. The quantitative estimate of drug-likeness (QED) is 0.420. The smallest absolute Gasteiger partial charge is 0.277 e. The molecule has 182 valence electrons. The SMILES string of the molecule is NS(=O)(=O)N1CCN(c2nc(-c3cc(-c4ccon4)n(Cc4ccccc4F)n3)ncc2F)CC1. The molecule has 1 fully saturated rings. The lowest BCUT2D eigenvalue weighted by Gasteiger charge is -2.33. The van der Waals surface area contributed by atoms with E-state index in [1.54, 1.807) is 39.9 Å². The van der Waals surface area contributed by atoms with Crippen LogP contribution in [0.1, 0.15) is 5.56 Å². The Balaban J connectivity index is 1.48. The van der Waals surface area contributed by atoms with Crippen LogP contribution < -0.4 is 10.0 Å². The van der Waals surface area contributed by atoms with E-state index in [1.807, 2.05) is 0 Å². The summed E-state index contributed by atoms with van der Waals surface area (Å²) in [5.74, 6) is -0.863. The van der Waals surface area contributed by atoms with Gasteiger partial charge in [0.25, 0.3) is 10.2 Å². The van der Waals surface area contributed by atoms with Gasteiger partial charge in [-0.2, -0.15) is 17.8 Å². The number of anilines is 1. The van der Waals surface area contributed by atoms with Gasteiger partial charge in [-0.25, -0.2) is 23.9 Å². The largest absolute Gasteiger partial charge is 0.364 e. The Labute approximate surface area is 199 Å². The monoisotopic (exact) mass is 502 g/mol. The van der Waals surface area contributed by atoms with Gasteiger partial charge in [0.15, 0.2) is 17.5 Å². The zero-order valence-electron chi connectivity index (χ0n) is 18.3. The second kappa shape index (κ2) is 9.13. The maximum Gasteiger partial charge on any atom is 0.277 e. The van der Waals surface area contributed by atoms with E-state index in [0.29, 0.717) is 22.6 Å². The molecule has 1 saturated heterocycles. The van der Waals surface area contributed by atoms with Gasteiger partial charge < -0.3 is 9.42 Å². The second-order valence-corrected chi connectivity index (χ2v) is 9.39. The van der Waals surface area contributed by atoms with Crippen molar-refractivity contribution in [3.63, 3.8) is 0 Å². The van der Waals surface area contributed by atoms with E-state index in [1.165, 1.54) is 12.3 Å². The predicted octanol–water partition coefficient (Wildman–Crippen LogP) is 1.65. The molecule has 4 heterocycles. The van der Waals surface area contributed by atoms with Crippen LogP contribution in [-0.4, -0.2) is 63.8 Å². The molecule has 11 nitrogen and oxygen atoms in total. The van der Waals surface area contributed by atoms with Gasteiger partial charge in [-0.1, -0.05) is 23.4 Å². The molecule has 0 aliphatic carbocycles. The molecule has 1 aromatic carbocycles. The third kappa shape index (κ3) is 4.76. The average Bonchev–Trinajstić information content (AvgIpc) is 3.51. The maximum atomic E-state index is 14.6. The third-order valence-corrected chi connectivity index (χ3v) is 6.70. The maximum absolute atomic E-state index is 14.6. The summed E-state index contributed by atoms with van der Waals surface area (Å²) in [4.78, 5) is 10.1. The van der Waals surface area contributed by atoms with E-state index < -0.39 is 16.0 Å². The first-order valence-electron chi connectivity index (χ1n) is 10.6. The molecule has 0 atom stereocenters. The normalized spacial score (nSPS) is 15.0. The number of aromatic nitrogens is 5. The highest BCUT2D eigenvalue weighted by Gasteiger charge is 2.27. The molecule has 0 unspecified atom stereocenters. The van der Waals surface area contributed by atoms with Gasteiger partial charge in [-0.3, -0.25) is 4.68 Å². The molecule has 2 N–H and O–H groups in total. The van der Waals surface area contributed by atoms with Crippen LogP contribution in [0.3, 0.4) is 0 Å². The first-order chi connectivity index (χ1) is 16.8. The van der Waals surface area contributed by atoms with Crippen LogP contribution in [0.25, 0.3) is 22.9 Å². The summed E-state index contributed by atoms with van der Waals surface area (Å²) < 4.78 is 59.7. The molecule has 35 heavy (non-hydrogen) atoms. The van der Waals surface area contributed by atoms with Gasteiger partial charge in [-0.05, 0) is 12.1 Å². The molecule has 0 amide bonds. The van der Waals surface area contributed by atoms with Crippen LogP contribution in [0.4, 0.5) is 14.6 Å². The van der Waals surface area contributed by atoms with Crippen molar-refractivity contribution in [2.45, 2.75) is 6.54 Å². The number of piperazine rings is 1. The van der Waals surface area contributed by atoms with E-state index in [0.717, 1.165) is 10.5 Å². The topological polar surface area (TPSA) is 136 Å². The van der Waals surface area contributed by atoms with E-state index in [2.05, 4.69) is 20.2 Å². The van der Waals surface area contributed by atoms with Crippen LogP contribution >= 0.6 is 0 Å². The summed E-state index contributed by atoms with van der Waals surface area (Å²) in [6, 6.07) is 9.64. The summed E-state index contributed by atoms with van der Waals surface area (Å²) in [6.07, 6.45) is 2.44. The second-order valence-electron chi connectivity index (χ2n) is 7.84. The summed E-state index contributed by atoms with van der Waals surface area (Å²) in [6.45, 7) is 0.722. The van der Waals surface area contributed by atoms with E-state index in [-0.39, 0.29) is 50.2 Å². The molecule has 1 aliphatic rings. The molecule has 5 rings (SSSR count). The number of benzene rings is 1. The van der Waals surface area contributed by atoms with Gasteiger partial charge in [0.1, 0.15) is 23.5 Å². The average molecular weight is 503 g/mol. The number of rotatable bonds is 6. The van der Waals surface area contributed by atoms with Crippen molar-refractivity contribution in [2.75, 3.05) is 31.1 Å². The fraction of sp³-hybridized carbons (Fsp3) is 0.238. The van der Waals surface area contributed by atoms with Crippen molar-refractivity contribution < 1.29 is 21.7 Å². The number of nitrogens with two attached hydrogens (primary N) is 1. The fourth-order valence-corrected chi connectivity index (χ4v) is 4.52. The van der Waals surface area contributed by atoms with Crippen LogP contribution in [-0.2, 0) is 16.8 Å². The molecule has 0 saturated carbocycles. The van der Waals surface area contributed by atoms with Crippen molar-refractivity contribution >= 4 is 16.0 Å². The Morgan fingerprint density at radius 2 is 1.80 bits per heavy atom. The lowest BCUT2D eigenvalue weighted by molar-refractivity contribution is 0.382. The summed E-state index contributed by atoms with van der Waals surface area (Å²) >= 11 is 0. The molecule has 0 spiro atoms. The van der Waals surface area contributed by atoms with E-state index in [4.69, 9.17) is 9.66 Å². The van der Waals surface area contributed by atoms with Crippen molar-refractivity contribution in [1.82, 2.24) is 29.2 Å². The standard InChI is InChI=1S/C21H20F2N8O3S/c22-15-4-2-1-3-14(15)13-31-19(17-5-10-34-28-17)11-18(27-31)20-25-12-16(23)21(26-20)29-6-8-30(9-7-29)35(24,32)33/h1-5,10-12H,6-9,13H2,(H2,24,32,33).